The molecule has 1 fully saturated rings. The van der Waals surface area contributed by atoms with Crippen molar-refractivity contribution in [2.75, 3.05) is 13.1 Å². The summed E-state index contributed by atoms with van der Waals surface area (Å²) in [4.78, 5) is -0.534. The van der Waals surface area contributed by atoms with Crippen LogP contribution < -0.4 is 0 Å². The van der Waals surface area contributed by atoms with Gasteiger partial charge in [0, 0.05) is 13.1 Å². The van der Waals surface area contributed by atoms with E-state index in [2.05, 4.69) is 0 Å². The van der Waals surface area contributed by atoms with Crippen LogP contribution in [0.15, 0.2) is 23.1 Å². The molecular formula is C11H11F4NO2S. The summed E-state index contributed by atoms with van der Waals surface area (Å²) in [6.07, 6.45) is -4.92. The van der Waals surface area contributed by atoms with E-state index in [0.29, 0.717) is 12.1 Å². The van der Waals surface area contributed by atoms with Gasteiger partial charge in [0.25, 0.3) is 0 Å². The summed E-state index contributed by atoms with van der Waals surface area (Å²) in [5, 5.41) is 0. The molecule has 1 aliphatic rings. The number of benzene rings is 1. The molecule has 2 rings (SSSR count). The number of halogens is 4. The number of sulfonamides is 1. The van der Waals surface area contributed by atoms with Crippen LogP contribution in [-0.2, 0) is 16.2 Å². The molecule has 0 unspecified atom stereocenters. The summed E-state index contributed by atoms with van der Waals surface area (Å²) >= 11 is 0. The molecule has 0 radical (unpaired) electrons. The van der Waals surface area contributed by atoms with E-state index < -0.39 is 32.5 Å². The third kappa shape index (κ3) is 2.59. The van der Waals surface area contributed by atoms with Crippen LogP contribution in [0.25, 0.3) is 0 Å². The van der Waals surface area contributed by atoms with Crippen molar-refractivity contribution < 1.29 is 26.0 Å². The first-order valence-electron chi connectivity index (χ1n) is 5.49. The fraction of sp³-hybridized carbons (Fsp3) is 0.455. The first-order valence-corrected chi connectivity index (χ1v) is 6.93. The van der Waals surface area contributed by atoms with E-state index in [1.165, 1.54) is 0 Å². The lowest BCUT2D eigenvalue weighted by Gasteiger charge is -2.35. The lowest BCUT2D eigenvalue weighted by atomic mass is 10.1. The minimum Gasteiger partial charge on any atom is -0.207 e. The Morgan fingerprint density at radius 2 is 1.84 bits per heavy atom. The zero-order valence-corrected chi connectivity index (χ0v) is 10.7. The lowest BCUT2D eigenvalue weighted by Crippen LogP contribution is -2.48. The predicted octanol–water partition coefficient (Wildman–Crippen LogP) is 2.48. The van der Waals surface area contributed by atoms with Gasteiger partial charge in [0.15, 0.2) is 0 Å². The van der Waals surface area contributed by atoms with E-state index in [9.17, 15) is 26.0 Å². The second-order valence-corrected chi connectivity index (χ2v) is 6.50. The maximum Gasteiger partial charge on any atom is 0.419 e. The van der Waals surface area contributed by atoms with Crippen molar-refractivity contribution in [1.82, 2.24) is 4.31 Å². The van der Waals surface area contributed by atoms with Gasteiger partial charge in [-0.25, -0.2) is 12.8 Å². The number of rotatable bonds is 2. The molecule has 0 aromatic heterocycles. The summed E-state index contributed by atoms with van der Waals surface area (Å²) in [5.74, 6) is -1.30. The Morgan fingerprint density at radius 1 is 1.26 bits per heavy atom. The van der Waals surface area contributed by atoms with Gasteiger partial charge in [-0.3, -0.25) is 0 Å². The van der Waals surface area contributed by atoms with Crippen LogP contribution >= 0.6 is 0 Å². The Bertz CT molecular complexity index is 591. The lowest BCUT2D eigenvalue weighted by molar-refractivity contribution is -0.140. The second kappa shape index (κ2) is 4.45. The maximum atomic E-state index is 13.1. The SMILES string of the molecule is CC1CN(S(=O)(=O)c2ccc(F)c(C(F)(F)F)c2)C1. The Kier molecular flexibility index (Phi) is 3.34. The standard InChI is InChI=1S/C11H11F4NO2S/c1-7-5-16(6-7)19(17,18)8-2-3-10(12)9(4-8)11(13,14)15/h2-4,7H,5-6H2,1H3. The fourth-order valence-electron chi connectivity index (χ4n) is 1.87. The van der Waals surface area contributed by atoms with Crippen molar-refractivity contribution in [2.45, 2.75) is 18.0 Å². The van der Waals surface area contributed by atoms with E-state index in [1.807, 2.05) is 6.92 Å². The molecule has 19 heavy (non-hydrogen) atoms. The van der Waals surface area contributed by atoms with Crippen molar-refractivity contribution in [1.29, 1.82) is 0 Å². The Labute approximate surface area is 107 Å². The highest BCUT2D eigenvalue weighted by molar-refractivity contribution is 7.89. The minimum absolute atomic E-state index is 0.178. The summed E-state index contributed by atoms with van der Waals surface area (Å²) in [6, 6.07) is 1.72. The predicted molar refractivity (Wildman–Crippen MR) is 59.3 cm³/mol. The molecule has 0 aliphatic carbocycles. The van der Waals surface area contributed by atoms with Gasteiger partial charge in [-0.2, -0.15) is 17.5 Å². The molecule has 1 aromatic carbocycles. The molecule has 1 saturated heterocycles. The van der Waals surface area contributed by atoms with Gasteiger partial charge in [-0.1, -0.05) is 6.92 Å². The molecule has 0 amide bonds. The Hall–Kier alpha value is -1.15. The molecule has 0 bridgehead atoms. The fourth-order valence-corrected chi connectivity index (χ4v) is 3.58. The quantitative estimate of drug-likeness (QED) is 0.787. The Morgan fingerprint density at radius 3 is 2.32 bits per heavy atom. The molecule has 0 N–H and O–H groups in total. The van der Waals surface area contributed by atoms with E-state index in [0.717, 1.165) is 10.4 Å². The van der Waals surface area contributed by atoms with Gasteiger partial charge in [0.1, 0.15) is 5.82 Å². The van der Waals surface area contributed by atoms with E-state index in [4.69, 9.17) is 0 Å². The van der Waals surface area contributed by atoms with Crippen LogP contribution in [0.5, 0.6) is 0 Å². The molecular weight excluding hydrogens is 286 g/mol. The molecule has 8 heteroatoms. The third-order valence-electron chi connectivity index (χ3n) is 2.91. The molecule has 1 aliphatic heterocycles. The van der Waals surface area contributed by atoms with Crippen molar-refractivity contribution in [3.63, 3.8) is 0 Å². The summed E-state index contributed by atoms with van der Waals surface area (Å²) < 4.78 is 75.7. The smallest absolute Gasteiger partial charge is 0.207 e. The van der Waals surface area contributed by atoms with Crippen LogP contribution in [0.3, 0.4) is 0 Å². The molecule has 3 nitrogen and oxygen atoms in total. The van der Waals surface area contributed by atoms with Crippen LogP contribution in [0, 0.1) is 11.7 Å². The van der Waals surface area contributed by atoms with Crippen LogP contribution in [-0.4, -0.2) is 25.8 Å². The highest BCUT2D eigenvalue weighted by Crippen LogP contribution is 2.34. The van der Waals surface area contributed by atoms with Crippen molar-refractivity contribution in [3.8, 4) is 0 Å². The normalized spacial score (nSPS) is 18.4. The number of alkyl halides is 3. The van der Waals surface area contributed by atoms with Crippen molar-refractivity contribution in [2.24, 2.45) is 5.92 Å². The van der Waals surface area contributed by atoms with Crippen LogP contribution in [0.2, 0.25) is 0 Å². The topological polar surface area (TPSA) is 37.4 Å². The van der Waals surface area contributed by atoms with E-state index in [-0.39, 0.29) is 19.0 Å². The van der Waals surface area contributed by atoms with Crippen LogP contribution in [0.1, 0.15) is 12.5 Å². The summed E-state index contributed by atoms with van der Waals surface area (Å²) in [7, 11) is -3.97. The zero-order chi connectivity index (χ0) is 14.4. The number of hydrogen-bond acceptors (Lipinski definition) is 2. The largest absolute Gasteiger partial charge is 0.419 e. The van der Waals surface area contributed by atoms with E-state index in [1.54, 1.807) is 0 Å². The third-order valence-corrected chi connectivity index (χ3v) is 4.74. The zero-order valence-electron chi connectivity index (χ0n) is 9.91. The van der Waals surface area contributed by atoms with Gasteiger partial charge in [-0.15, -0.1) is 0 Å². The van der Waals surface area contributed by atoms with Gasteiger partial charge in [0.2, 0.25) is 10.0 Å². The van der Waals surface area contributed by atoms with Gasteiger partial charge in [-0.05, 0) is 24.1 Å². The van der Waals surface area contributed by atoms with Crippen molar-refractivity contribution in [3.05, 3.63) is 29.6 Å². The molecule has 0 spiro atoms. The van der Waals surface area contributed by atoms with Crippen LogP contribution in [0.4, 0.5) is 17.6 Å². The highest BCUT2D eigenvalue weighted by atomic mass is 32.2. The number of nitrogens with zero attached hydrogens (tertiary/aromatic N) is 1. The van der Waals surface area contributed by atoms with Crippen molar-refractivity contribution >= 4 is 10.0 Å². The first-order chi connectivity index (χ1) is 8.62. The van der Waals surface area contributed by atoms with E-state index >= 15 is 0 Å². The average molecular weight is 297 g/mol. The average Bonchev–Trinajstić information content (AvgIpc) is 2.23. The van der Waals surface area contributed by atoms with Gasteiger partial charge < -0.3 is 0 Å². The minimum atomic E-state index is -4.92. The number of hydrogen-bond donors (Lipinski definition) is 0. The summed E-state index contributed by atoms with van der Waals surface area (Å²) in [5.41, 5.74) is -1.57. The summed E-state index contributed by atoms with van der Waals surface area (Å²) in [6.45, 7) is 2.36. The highest BCUT2D eigenvalue weighted by Gasteiger charge is 2.38. The maximum absolute atomic E-state index is 13.1. The molecule has 0 atom stereocenters. The molecule has 1 aromatic rings. The van der Waals surface area contributed by atoms with Gasteiger partial charge >= 0.3 is 6.18 Å². The molecule has 106 valence electrons. The monoisotopic (exact) mass is 297 g/mol. The molecule has 0 saturated carbocycles. The first kappa shape index (κ1) is 14.3. The van der Waals surface area contributed by atoms with Gasteiger partial charge in [0.05, 0.1) is 10.5 Å². The second-order valence-electron chi connectivity index (χ2n) is 4.57. The Balaban J connectivity index is 2.42. The molecule has 1 heterocycles.